The fraction of sp³-hybridized carbons (Fsp3) is 0. The molecule has 0 unspecified atom stereocenters. The molecule has 0 atom stereocenters. The highest BCUT2D eigenvalue weighted by molar-refractivity contribution is 7.26. The van der Waals surface area contributed by atoms with Crippen molar-refractivity contribution in [1.29, 1.82) is 0 Å². The highest BCUT2D eigenvalue weighted by Crippen LogP contribution is 2.44. The zero-order chi connectivity index (χ0) is 31.6. The highest BCUT2D eigenvalue weighted by atomic mass is 32.1. The second-order valence-corrected chi connectivity index (χ2v) is 12.9. The lowest BCUT2D eigenvalue weighted by atomic mass is 9.99. The quantitative estimate of drug-likeness (QED) is 0.193. The molecule has 0 spiro atoms. The molecule has 0 aliphatic rings. The molecule has 0 amide bonds. The van der Waals surface area contributed by atoms with Crippen LogP contribution in [0.3, 0.4) is 0 Å². The topological polar surface area (TPSA) is 64.7 Å². The molecule has 0 radical (unpaired) electrons. The molecule has 5 nitrogen and oxygen atoms in total. The molecule has 0 aliphatic heterocycles. The standard InChI is InChI=1S/C42H24N4OS/c1-2-11-26(12-3-1)39-44-40(28-21-20-25-10-4-5-13-27(25)24-28)46-41(45-39)34-22-23-43-42-36(34)33-18-8-15-30(37(33)47-42)32-17-9-16-31-29-14-6-7-19-35(29)48-38(31)32/h1-24H. The van der Waals surface area contributed by atoms with Crippen molar-refractivity contribution in [2.45, 2.75) is 0 Å². The molecule has 4 aromatic heterocycles. The number of furan rings is 1. The van der Waals surface area contributed by atoms with E-state index in [1.165, 1.54) is 25.6 Å². The molecule has 10 aromatic rings. The van der Waals surface area contributed by atoms with E-state index in [1.807, 2.05) is 53.8 Å². The van der Waals surface area contributed by atoms with Crippen LogP contribution >= 0.6 is 11.3 Å². The summed E-state index contributed by atoms with van der Waals surface area (Å²) in [6.07, 6.45) is 1.77. The molecule has 224 valence electrons. The number of aromatic nitrogens is 4. The lowest BCUT2D eigenvalue weighted by molar-refractivity contribution is 0.655. The van der Waals surface area contributed by atoms with Crippen LogP contribution in [0.25, 0.3) is 98.3 Å². The van der Waals surface area contributed by atoms with E-state index in [4.69, 9.17) is 24.4 Å². The Balaban J connectivity index is 1.21. The fourth-order valence-electron chi connectivity index (χ4n) is 6.75. The Kier molecular flexibility index (Phi) is 5.98. The average Bonchev–Trinajstić information content (AvgIpc) is 3.74. The van der Waals surface area contributed by atoms with Crippen LogP contribution in [0, 0.1) is 0 Å². The van der Waals surface area contributed by atoms with Crippen molar-refractivity contribution in [3.05, 3.63) is 146 Å². The molecule has 10 rings (SSSR count). The van der Waals surface area contributed by atoms with E-state index in [9.17, 15) is 0 Å². The first kappa shape index (κ1) is 26.9. The summed E-state index contributed by atoms with van der Waals surface area (Å²) in [7, 11) is 0. The Hall–Kier alpha value is -6.24. The predicted octanol–water partition coefficient (Wildman–Crippen LogP) is 11.4. The van der Waals surface area contributed by atoms with Crippen LogP contribution in [0.4, 0.5) is 0 Å². The van der Waals surface area contributed by atoms with Crippen LogP contribution in [0.15, 0.2) is 150 Å². The maximum Gasteiger partial charge on any atom is 0.228 e. The van der Waals surface area contributed by atoms with Crippen molar-refractivity contribution in [3.8, 4) is 45.3 Å². The lowest BCUT2D eigenvalue weighted by Gasteiger charge is -2.09. The zero-order valence-electron chi connectivity index (χ0n) is 25.5. The second-order valence-electron chi connectivity index (χ2n) is 11.8. The summed E-state index contributed by atoms with van der Waals surface area (Å²) < 4.78 is 9.13. The molecule has 6 aromatic carbocycles. The first-order valence-electron chi connectivity index (χ1n) is 15.8. The van der Waals surface area contributed by atoms with Crippen LogP contribution in [0.1, 0.15) is 0 Å². The molecule has 0 saturated carbocycles. The van der Waals surface area contributed by atoms with E-state index >= 15 is 0 Å². The lowest BCUT2D eigenvalue weighted by Crippen LogP contribution is -2.00. The minimum absolute atomic E-state index is 0.549. The normalized spacial score (nSPS) is 11.8. The van der Waals surface area contributed by atoms with Crippen LogP contribution in [0.5, 0.6) is 0 Å². The van der Waals surface area contributed by atoms with E-state index in [-0.39, 0.29) is 0 Å². The third-order valence-electron chi connectivity index (χ3n) is 9.01. The first-order valence-corrected chi connectivity index (χ1v) is 16.6. The molecule has 0 fully saturated rings. The summed E-state index contributed by atoms with van der Waals surface area (Å²) in [6.45, 7) is 0. The van der Waals surface area contributed by atoms with E-state index < -0.39 is 0 Å². The Morgan fingerprint density at radius 3 is 2.08 bits per heavy atom. The van der Waals surface area contributed by atoms with Gasteiger partial charge in [0.05, 0.1) is 5.39 Å². The summed E-state index contributed by atoms with van der Waals surface area (Å²) in [6, 6.07) is 48.1. The van der Waals surface area contributed by atoms with Crippen molar-refractivity contribution in [1.82, 2.24) is 19.9 Å². The maximum absolute atomic E-state index is 6.62. The molecular weight excluding hydrogens is 609 g/mol. The minimum atomic E-state index is 0.549. The average molecular weight is 633 g/mol. The largest absolute Gasteiger partial charge is 0.437 e. The van der Waals surface area contributed by atoms with Gasteiger partial charge in [0, 0.05) is 59.6 Å². The highest BCUT2D eigenvalue weighted by Gasteiger charge is 2.21. The molecule has 6 heteroatoms. The van der Waals surface area contributed by atoms with Crippen molar-refractivity contribution in [3.63, 3.8) is 0 Å². The Morgan fingerprint density at radius 1 is 0.479 bits per heavy atom. The maximum atomic E-state index is 6.62. The van der Waals surface area contributed by atoms with Crippen molar-refractivity contribution < 1.29 is 4.42 Å². The molecule has 4 heterocycles. The van der Waals surface area contributed by atoms with Gasteiger partial charge in [-0.1, -0.05) is 121 Å². The number of hydrogen-bond acceptors (Lipinski definition) is 6. The molecule has 0 saturated heterocycles. The minimum Gasteiger partial charge on any atom is -0.437 e. The Labute approximate surface area is 278 Å². The van der Waals surface area contributed by atoms with E-state index in [2.05, 4.69) is 97.1 Å². The third kappa shape index (κ3) is 4.24. The fourth-order valence-corrected chi connectivity index (χ4v) is 7.98. The van der Waals surface area contributed by atoms with Crippen LogP contribution in [0.2, 0.25) is 0 Å². The van der Waals surface area contributed by atoms with Crippen LogP contribution < -0.4 is 0 Å². The van der Waals surface area contributed by atoms with Gasteiger partial charge < -0.3 is 4.42 Å². The number of benzene rings is 6. The van der Waals surface area contributed by atoms with Gasteiger partial charge in [0.15, 0.2) is 17.5 Å². The van der Waals surface area contributed by atoms with Crippen molar-refractivity contribution in [2.75, 3.05) is 0 Å². The first-order chi connectivity index (χ1) is 23.8. The van der Waals surface area contributed by atoms with Gasteiger partial charge in [-0.2, -0.15) is 0 Å². The number of thiophene rings is 1. The molecule has 0 aliphatic carbocycles. The van der Waals surface area contributed by atoms with E-state index in [1.54, 1.807) is 6.20 Å². The van der Waals surface area contributed by atoms with Gasteiger partial charge in [0.2, 0.25) is 5.71 Å². The zero-order valence-corrected chi connectivity index (χ0v) is 26.3. The molecule has 0 bridgehead atoms. The molecule has 0 N–H and O–H groups in total. The van der Waals surface area contributed by atoms with Crippen LogP contribution in [-0.2, 0) is 0 Å². The summed E-state index contributed by atoms with van der Waals surface area (Å²) in [5, 5.41) is 6.67. The summed E-state index contributed by atoms with van der Waals surface area (Å²) >= 11 is 1.81. The van der Waals surface area contributed by atoms with Gasteiger partial charge in [0.1, 0.15) is 5.58 Å². The van der Waals surface area contributed by atoms with Crippen LogP contribution in [-0.4, -0.2) is 19.9 Å². The number of nitrogens with zero attached hydrogens (tertiary/aromatic N) is 4. The number of fused-ring (bicyclic) bond motifs is 7. The Bertz CT molecular complexity index is 2860. The number of pyridine rings is 1. The second kappa shape index (κ2) is 10.7. The summed E-state index contributed by atoms with van der Waals surface area (Å²) in [5.41, 5.74) is 6.21. The van der Waals surface area contributed by atoms with Gasteiger partial charge in [-0.05, 0) is 29.0 Å². The van der Waals surface area contributed by atoms with Gasteiger partial charge in [-0.15, -0.1) is 11.3 Å². The van der Waals surface area contributed by atoms with E-state index in [0.717, 1.165) is 49.6 Å². The van der Waals surface area contributed by atoms with Crippen molar-refractivity contribution >= 4 is 64.4 Å². The molecular formula is C42H24N4OS. The summed E-state index contributed by atoms with van der Waals surface area (Å²) in [4.78, 5) is 19.8. The van der Waals surface area contributed by atoms with Gasteiger partial charge >= 0.3 is 0 Å². The van der Waals surface area contributed by atoms with Gasteiger partial charge in [-0.3, -0.25) is 0 Å². The number of para-hydroxylation sites is 1. The number of hydrogen-bond donors (Lipinski definition) is 0. The van der Waals surface area contributed by atoms with Gasteiger partial charge in [0.25, 0.3) is 0 Å². The third-order valence-corrected chi connectivity index (χ3v) is 10.2. The monoisotopic (exact) mass is 632 g/mol. The number of rotatable bonds is 4. The van der Waals surface area contributed by atoms with Gasteiger partial charge in [-0.25, -0.2) is 19.9 Å². The summed E-state index contributed by atoms with van der Waals surface area (Å²) in [5.74, 6) is 1.79. The van der Waals surface area contributed by atoms with E-state index in [0.29, 0.717) is 23.2 Å². The Morgan fingerprint density at radius 2 is 1.19 bits per heavy atom. The smallest absolute Gasteiger partial charge is 0.228 e. The molecule has 48 heavy (non-hydrogen) atoms. The predicted molar refractivity (Wildman–Crippen MR) is 197 cm³/mol. The van der Waals surface area contributed by atoms with Crippen molar-refractivity contribution in [2.24, 2.45) is 0 Å². The SMILES string of the molecule is c1ccc(-c2nc(-c3ccc4ccccc4c3)nc(-c3ccnc4oc5c(-c6cccc7c6sc6ccccc67)cccc5c34)n2)cc1.